The second kappa shape index (κ2) is 31.1. The first-order valence-corrected chi connectivity index (χ1v) is 14.9. The summed E-state index contributed by atoms with van der Waals surface area (Å²) < 4.78 is 54.0. The number of rotatable bonds is 33. The van der Waals surface area contributed by atoms with Crippen LogP contribution < -0.4 is 4.74 Å². The van der Waals surface area contributed by atoms with E-state index >= 15 is 0 Å². The monoisotopic (exact) mass is 618 g/mol. The molecule has 0 bridgehead atoms. The number of carboxylic acid groups (broad SMARTS) is 1. The Labute approximate surface area is 254 Å². The molecule has 13 nitrogen and oxygen atoms in total. The molecule has 13 heteroatoms. The number of ether oxygens (including phenoxy) is 10. The van der Waals surface area contributed by atoms with Crippen LogP contribution in [0.15, 0.2) is 30.3 Å². The molecule has 0 radical (unpaired) electrons. The molecular formula is C30H50O13. The Kier molecular flexibility index (Phi) is 27.9. The molecule has 0 unspecified atom stereocenters. The molecule has 248 valence electrons. The van der Waals surface area contributed by atoms with Gasteiger partial charge in [-0.25, -0.2) is 0 Å². The maximum absolute atomic E-state index is 11.5. The molecule has 0 fully saturated rings. The molecule has 0 amide bonds. The number of benzene rings is 1. The van der Waals surface area contributed by atoms with Gasteiger partial charge in [-0.05, 0) is 25.0 Å². The van der Waals surface area contributed by atoms with Gasteiger partial charge in [0.2, 0.25) is 0 Å². The molecule has 0 aliphatic heterocycles. The van der Waals surface area contributed by atoms with Crippen molar-refractivity contribution in [2.24, 2.45) is 0 Å². The molecule has 43 heavy (non-hydrogen) atoms. The Bertz CT molecular complexity index is 751. The van der Waals surface area contributed by atoms with E-state index in [-0.39, 0.29) is 32.0 Å². The fourth-order valence-corrected chi connectivity index (χ4v) is 3.21. The van der Waals surface area contributed by atoms with Crippen LogP contribution in [-0.4, -0.2) is 136 Å². The third kappa shape index (κ3) is 29.5. The summed E-state index contributed by atoms with van der Waals surface area (Å²) in [7, 11) is 0. The van der Waals surface area contributed by atoms with Crippen LogP contribution in [0.5, 0.6) is 5.75 Å². The summed E-state index contributed by atoms with van der Waals surface area (Å²) in [6.07, 6.45) is 1.24. The minimum absolute atomic E-state index is 0.0617. The standard InChI is InChI=1S/C30H50O13/c31-29(32)8-4-5-9-30(33)43-27-25-41-23-21-39-19-17-37-15-13-35-11-10-34-12-14-36-16-18-38-20-22-40-24-26-42-28-6-2-1-3-7-28/h1-3,6-7H,4-5,8-27H2,(H,31,32). The van der Waals surface area contributed by atoms with Crippen molar-refractivity contribution in [1.29, 1.82) is 0 Å². The second-order valence-electron chi connectivity index (χ2n) is 8.88. The second-order valence-corrected chi connectivity index (χ2v) is 8.88. The largest absolute Gasteiger partial charge is 0.491 e. The average molecular weight is 619 g/mol. The minimum Gasteiger partial charge on any atom is -0.491 e. The highest BCUT2D eigenvalue weighted by Gasteiger charge is 2.04. The molecule has 0 atom stereocenters. The van der Waals surface area contributed by atoms with Crippen molar-refractivity contribution in [3.05, 3.63) is 30.3 Å². The summed E-state index contributed by atoms with van der Waals surface area (Å²) in [5, 5.41) is 8.54. The van der Waals surface area contributed by atoms with Gasteiger partial charge >= 0.3 is 11.9 Å². The topological polar surface area (TPSA) is 147 Å². The van der Waals surface area contributed by atoms with E-state index in [1.54, 1.807) is 0 Å². The summed E-state index contributed by atoms with van der Waals surface area (Å²) in [4.78, 5) is 21.9. The predicted octanol–water partition coefficient (Wildman–Crippen LogP) is 2.39. The van der Waals surface area contributed by atoms with Crippen molar-refractivity contribution in [1.82, 2.24) is 0 Å². The zero-order valence-electron chi connectivity index (χ0n) is 25.3. The van der Waals surface area contributed by atoms with Gasteiger partial charge < -0.3 is 52.5 Å². The Balaban J connectivity index is 1.65. The van der Waals surface area contributed by atoms with Gasteiger partial charge in [0.05, 0.1) is 106 Å². The van der Waals surface area contributed by atoms with Crippen LogP contribution in [0.1, 0.15) is 25.7 Å². The van der Waals surface area contributed by atoms with E-state index in [0.29, 0.717) is 119 Å². The number of para-hydroxylation sites is 1. The van der Waals surface area contributed by atoms with Crippen LogP contribution in [0, 0.1) is 0 Å². The number of aliphatic carboxylic acids is 1. The molecule has 1 N–H and O–H groups in total. The van der Waals surface area contributed by atoms with Crippen molar-refractivity contribution in [2.45, 2.75) is 25.7 Å². The van der Waals surface area contributed by atoms with Gasteiger partial charge in [0.15, 0.2) is 0 Å². The van der Waals surface area contributed by atoms with Crippen LogP contribution in [0.4, 0.5) is 0 Å². The highest BCUT2D eigenvalue weighted by atomic mass is 16.6. The molecule has 0 heterocycles. The van der Waals surface area contributed by atoms with Crippen molar-refractivity contribution >= 4 is 11.9 Å². The van der Waals surface area contributed by atoms with Gasteiger partial charge in [-0.2, -0.15) is 0 Å². The highest BCUT2D eigenvalue weighted by Crippen LogP contribution is 2.07. The average Bonchev–Trinajstić information content (AvgIpc) is 3.01. The summed E-state index contributed by atoms with van der Waals surface area (Å²) in [6.45, 7) is 8.12. The van der Waals surface area contributed by atoms with Gasteiger partial charge in [-0.1, -0.05) is 18.2 Å². The Morgan fingerprint density at radius 3 is 1.21 bits per heavy atom. The maximum atomic E-state index is 11.5. The van der Waals surface area contributed by atoms with E-state index < -0.39 is 5.97 Å². The zero-order chi connectivity index (χ0) is 30.9. The first kappa shape index (κ1) is 38.7. The third-order valence-corrected chi connectivity index (χ3v) is 5.36. The van der Waals surface area contributed by atoms with E-state index in [0.717, 1.165) is 5.75 Å². The number of hydrogen-bond donors (Lipinski definition) is 1. The Hall–Kier alpha value is -2.36. The van der Waals surface area contributed by atoms with E-state index in [9.17, 15) is 9.59 Å². The van der Waals surface area contributed by atoms with E-state index in [1.807, 2.05) is 30.3 Å². The van der Waals surface area contributed by atoms with Crippen LogP contribution in [-0.2, 0) is 52.2 Å². The van der Waals surface area contributed by atoms with E-state index in [4.69, 9.17) is 52.5 Å². The number of carbonyl (C=O) groups is 2. The van der Waals surface area contributed by atoms with Crippen molar-refractivity contribution in [3.63, 3.8) is 0 Å². The summed E-state index contributed by atoms with van der Waals surface area (Å²) in [6, 6.07) is 9.63. The van der Waals surface area contributed by atoms with Gasteiger partial charge in [0, 0.05) is 12.8 Å². The first-order chi connectivity index (χ1) is 21.2. The number of esters is 1. The molecule has 1 rings (SSSR count). The Morgan fingerprint density at radius 2 is 0.814 bits per heavy atom. The fourth-order valence-electron chi connectivity index (χ4n) is 3.21. The van der Waals surface area contributed by atoms with Crippen molar-refractivity contribution in [3.8, 4) is 5.75 Å². The highest BCUT2D eigenvalue weighted by molar-refractivity contribution is 5.69. The summed E-state index contributed by atoms with van der Waals surface area (Å²) in [5.41, 5.74) is 0. The van der Waals surface area contributed by atoms with Crippen molar-refractivity contribution < 1.29 is 62.1 Å². The Morgan fingerprint density at radius 1 is 0.465 bits per heavy atom. The lowest BCUT2D eigenvalue weighted by molar-refractivity contribution is -0.146. The van der Waals surface area contributed by atoms with Gasteiger partial charge in [-0.3, -0.25) is 9.59 Å². The summed E-state index contributed by atoms with van der Waals surface area (Å²) in [5.74, 6) is -0.372. The van der Waals surface area contributed by atoms with Gasteiger partial charge in [0.1, 0.15) is 19.0 Å². The van der Waals surface area contributed by atoms with Gasteiger partial charge in [-0.15, -0.1) is 0 Å². The molecule has 1 aromatic carbocycles. The number of carbonyl (C=O) groups excluding carboxylic acids is 1. The fraction of sp³-hybridized carbons (Fsp3) is 0.733. The van der Waals surface area contributed by atoms with Crippen LogP contribution >= 0.6 is 0 Å². The van der Waals surface area contributed by atoms with E-state index in [2.05, 4.69) is 0 Å². The molecule has 0 saturated heterocycles. The smallest absolute Gasteiger partial charge is 0.305 e. The van der Waals surface area contributed by atoms with E-state index in [1.165, 1.54) is 0 Å². The maximum Gasteiger partial charge on any atom is 0.305 e. The molecule has 0 saturated carbocycles. The number of carboxylic acids is 1. The molecular weight excluding hydrogens is 568 g/mol. The number of unbranched alkanes of at least 4 members (excludes halogenated alkanes) is 1. The normalized spacial score (nSPS) is 11.1. The van der Waals surface area contributed by atoms with Crippen molar-refractivity contribution in [2.75, 3.05) is 119 Å². The van der Waals surface area contributed by atoms with Crippen LogP contribution in [0.2, 0.25) is 0 Å². The lowest BCUT2D eigenvalue weighted by Gasteiger charge is -2.09. The molecule has 0 aliphatic carbocycles. The summed E-state index contributed by atoms with van der Waals surface area (Å²) >= 11 is 0. The zero-order valence-corrected chi connectivity index (χ0v) is 25.3. The minimum atomic E-state index is -0.862. The molecule has 0 aromatic heterocycles. The quantitative estimate of drug-likeness (QED) is 0.0909. The first-order valence-electron chi connectivity index (χ1n) is 14.9. The van der Waals surface area contributed by atoms with Gasteiger partial charge in [0.25, 0.3) is 0 Å². The molecule has 0 aliphatic rings. The molecule has 0 spiro atoms. The third-order valence-electron chi connectivity index (χ3n) is 5.36. The molecule has 1 aromatic rings. The SMILES string of the molecule is O=C(O)CCCCC(=O)OCCOCCOCCOCCOCCOCCOCCOCCOCCOc1ccccc1. The lowest BCUT2D eigenvalue weighted by atomic mass is 10.2. The predicted molar refractivity (Wildman–Crippen MR) is 156 cm³/mol. The van der Waals surface area contributed by atoms with Crippen LogP contribution in [0.25, 0.3) is 0 Å². The number of hydrogen-bond acceptors (Lipinski definition) is 12. The lowest BCUT2D eigenvalue weighted by Crippen LogP contribution is -2.15. The van der Waals surface area contributed by atoms with Crippen LogP contribution in [0.3, 0.4) is 0 Å².